The number of nitro groups is 1. The highest BCUT2D eigenvalue weighted by atomic mass is 35.5. The van der Waals surface area contributed by atoms with Gasteiger partial charge in [-0.1, -0.05) is 41.9 Å². The number of fused-ring (bicyclic) bond motifs is 1. The van der Waals surface area contributed by atoms with Crippen LogP contribution in [0.3, 0.4) is 0 Å². The van der Waals surface area contributed by atoms with Gasteiger partial charge in [-0.25, -0.2) is 0 Å². The first-order valence-corrected chi connectivity index (χ1v) is 6.20. The molecule has 0 amide bonds. The molecule has 0 radical (unpaired) electrons. The minimum Gasteiger partial charge on any atom is -0.258 e. The second-order valence-corrected chi connectivity index (χ2v) is 4.55. The molecule has 98 valence electrons. The Morgan fingerprint density at radius 2 is 1.75 bits per heavy atom. The maximum atomic E-state index is 10.8. The van der Waals surface area contributed by atoms with Gasteiger partial charge >= 0.3 is 0 Å². The largest absolute Gasteiger partial charge is 0.270 e. The minimum atomic E-state index is -0.460. The monoisotopic (exact) mass is 285 g/mol. The van der Waals surface area contributed by atoms with Gasteiger partial charge in [-0.15, -0.1) is 10.2 Å². The highest BCUT2D eigenvalue weighted by molar-refractivity contribution is 6.34. The van der Waals surface area contributed by atoms with Gasteiger partial charge in [0.25, 0.3) is 5.69 Å². The van der Waals surface area contributed by atoms with Crippen molar-refractivity contribution in [2.75, 3.05) is 0 Å². The molecule has 0 fully saturated rings. The Morgan fingerprint density at radius 3 is 2.45 bits per heavy atom. The summed E-state index contributed by atoms with van der Waals surface area (Å²) in [5.41, 5.74) is 1.52. The predicted molar refractivity (Wildman–Crippen MR) is 76.6 cm³/mol. The molecule has 0 saturated carbocycles. The topological polar surface area (TPSA) is 68.9 Å². The van der Waals surface area contributed by atoms with Crippen LogP contribution >= 0.6 is 11.6 Å². The van der Waals surface area contributed by atoms with Crippen LogP contribution < -0.4 is 0 Å². The number of benzene rings is 2. The van der Waals surface area contributed by atoms with Gasteiger partial charge in [-0.05, 0) is 6.07 Å². The van der Waals surface area contributed by atoms with Gasteiger partial charge in [0, 0.05) is 28.5 Å². The molecule has 1 aromatic heterocycles. The highest BCUT2D eigenvalue weighted by Crippen LogP contribution is 2.31. The van der Waals surface area contributed by atoms with Crippen LogP contribution in [0.15, 0.2) is 48.5 Å². The summed E-state index contributed by atoms with van der Waals surface area (Å²) < 4.78 is 0. The van der Waals surface area contributed by atoms with Crippen molar-refractivity contribution in [1.82, 2.24) is 10.2 Å². The fourth-order valence-corrected chi connectivity index (χ4v) is 2.23. The van der Waals surface area contributed by atoms with Crippen molar-refractivity contribution in [2.45, 2.75) is 0 Å². The van der Waals surface area contributed by atoms with E-state index in [1.165, 1.54) is 12.1 Å². The van der Waals surface area contributed by atoms with Gasteiger partial charge in [0.15, 0.2) is 5.15 Å². The standard InChI is InChI=1S/C14H8ClN3O2/c15-14-12-8-10(18(19)20)6-7-11(12)13(16-17-14)9-4-2-1-3-5-9/h1-8H. The fraction of sp³-hybridized carbons (Fsp3) is 0. The Balaban J connectivity index is 2.31. The van der Waals surface area contributed by atoms with Gasteiger partial charge in [0.05, 0.1) is 4.92 Å². The van der Waals surface area contributed by atoms with E-state index in [1.54, 1.807) is 6.07 Å². The van der Waals surface area contributed by atoms with Crippen LogP contribution in [0.25, 0.3) is 22.0 Å². The second kappa shape index (κ2) is 4.86. The molecule has 0 N–H and O–H groups in total. The number of non-ortho nitro benzene ring substituents is 1. The van der Waals surface area contributed by atoms with Crippen molar-refractivity contribution in [3.63, 3.8) is 0 Å². The quantitative estimate of drug-likeness (QED) is 0.529. The van der Waals surface area contributed by atoms with Crippen LogP contribution in [0.1, 0.15) is 0 Å². The molecule has 0 atom stereocenters. The minimum absolute atomic E-state index is 0.0218. The van der Waals surface area contributed by atoms with Gasteiger partial charge in [-0.3, -0.25) is 10.1 Å². The van der Waals surface area contributed by atoms with Gasteiger partial charge in [-0.2, -0.15) is 0 Å². The Labute approximate surface area is 119 Å². The Hall–Kier alpha value is -2.53. The van der Waals surface area contributed by atoms with Crippen LogP contribution in [0.4, 0.5) is 5.69 Å². The maximum Gasteiger partial charge on any atom is 0.270 e. The summed E-state index contributed by atoms with van der Waals surface area (Å²) in [4.78, 5) is 10.4. The van der Waals surface area contributed by atoms with E-state index in [9.17, 15) is 10.1 Å². The summed E-state index contributed by atoms with van der Waals surface area (Å²) in [6.07, 6.45) is 0. The number of aromatic nitrogens is 2. The summed E-state index contributed by atoms with van der Waals surface area (Å²) in [6, 6.07) is 14.0. The van der Waals surface area contributed by atoms with E-state index < -0.39 is 4.92 Å². The fourth-order valence-electron chi connectivity index (χ4n) is 2.03. The summed E-state index contributed by atoms with van der Waals surface area (Å²) >= 11 is 6.00. The normalized spacial score (nSPS) is 10.7. The third-order valence-electron chi connectivity index (χ3n) is 2.98. The lowest BCUT2D eigenvalue weighted by molar-refractivity contribution is -0.384. The number of nitrogens with zero attached hydrogens (tertiary/aromatic N) is 3. The molecular weight excluding hydrogens is 278 g/mol. The molecule has 3 rings (SSSR count). The average Bonchev–Trinajstić information content (AvgIpc) is 2.48. The number of hydrogen-bond donors (Lipinski definition) is 0. The SMILES string of the molecule is O=[N+]([O-])c1ccc2c(-c3ccccc3)nnc(Cl)c2c1. The molecule has 0 aliphatic carbocycles. The average molecular weight is 286 g/mol. The smallest absolute Gasteiger partial charge is 0.258 e. The van der Waals surface area contributed by atoms with Crippen molar-refractivity contribution < 1.29 is 4.92 Å². The summed E-state index contributed by atoms with van der Waals surface area (Å²) in [6.45, 7) is 0. The lowest BCUT2D eigenvalue weighted by atomic mass is 10.0. The molecule has 0 aliphatic rings. The number of hydrogen-bond acceptors (Lipinski definition) is 4. The van der Waals surface area contributed by atoms with Crippen LogP contribution in [-0.4, -0.2) is 15.1 Å². The summed E-state index contributed by atoms with van der Waals surface area (Å²) in [5, 5.41) is 20.2. The predicted octanol–water partition coefficient (Wildman–Crippen LogP) is 3.86. The molecule has 5 nitrogen and oxygen atoms in total. The van der Waals surface area contributed by atoms with Crippen molar-refractivity contribution in [1.29, 1.82) is 0 Å². The molecule has 0 bridgehead atoms. The van der Waals surface area contributed by atoms with Crippen LogP contribution in [-0.2, 0) is 0 Å². The molecule has 20 heavy (non-hydrogen) atoms. The van der Waals surface area contributed by atoms with Gasteiger partial charge < -0.3 is 0 Å². The molecule has 1 heterocycles. The maximum absolute atomic E-state index is 10.8. The third kappa shape index (κ3) is 2.08. The summed E-state index contributed by atoms with van der Waals surface area (Å²) in [7, 11) is 0. The Kier molecular flexibility index (Phi) is 3.04. The molecule has 3 aromatic rings. The first-order chi connectivity index (χ1) is 9.66. The molecule has 0 aliphatic heterocycles. The van der Waals surface area contributed by atoms with E-state index in [4.69, 9.17) is 11.6 Å². The van der Waals surface area contributed by atoms with E-state index in [1.807, 2.05) is 30.3 Å². The molecule has 0 saturated heterocycles. The van der Waals surface area contributed by atoms with Crippen molar-refractivity contribution in [3.8, 4) is 11.3 Å². The third-order valence-corrected chi connectivity index (χ3v) is 3.26. The molecular formula is C14H8ClN3O2. The van der Waals surface area contributed by atoms with Gasteiger partial charge in [0.1, 0.15) is 5.69 Å². The van der Waals surface area contributed by atoms with E-state index in [2.05, 4.69) is 10.2 Å². The number of rotatable bonds is 2. The van der Waals surface area contributed by atoms with E-state index in [0.717, 1.165) is 10.9 Å². The first kappa shape index (κ1) is 12.5. The molecule has 2 aromatic carbocycles. The Bertz CT molecular complexity index is 806. The highest BCUT2D eigenvalue weighted by Gasteiger charge is 2.14. The number of halogens is 1. The van der Waals surface area contributed by atoms with Crippen molar-refractivity contribution in [3.05, 3.63) is 63.8 Å². The van der Waals surface area contributed by atoms with E-state index >= 15 is 0 Å². The van der Waals surface area contributed by atoms with Crippen LogP contribution in [0.5, 0.6) is 0 Å². The summed E-state index contributed by atoms with van der Waals surface area (Å²) in [5.74, 6) is 0. The zero-order valence-corrected chi connectivity index (χ0v) is 10.9. The van der Waals surface area contributed by atoms with Crippen LogP contribution in [0, 0.1) is 10.1 Å². The van der Waals surface area contributed by atoms with Crippen molar-refractivity contribution >= 4 is 28.1 Å². The zero-order chi connectivity index (χ0) is 14.1. The van der Waals surface area contributed by atoms with E-state index in [0.29, 0.717) is 11.1 Å². The second-order valence-electron chi connectivity index (χ2n) is 4.19. The lowest BCUT2D eigenvalue weighted by Gasteiger charge is -2.06. The molecule has 0 unspecified atom stereocenters. The first-order valence-electron chi connectivity index (χ1n) is 5.82. The lowest BCUT2D eigenvalue weighted by Crippen LogP contribution is -1.93. The zero-order valence-electron chi connectivity index (χ0n) is 10.2. The molecule has 0 spiro atoms. The molecule has 6 heteroatoms. The van der Waals surface area contributed by atoms with Crippen molar-refractivity contribution in [2.24, 2.45) is 0 Å². The Morgan fingerprint density at radius 1 is 1.00 bits per heavy atom. The van der Waals surface area contributed by atoms with Crippen LogP contribution in [0.2, 0.25) is 5.15 Å². The van der Waals surface area contributed by atoms with Gasteiger partial charge in [0.2, 0.25) is 0 Å². The van der Waals surface area contributed by atoms with E-state index in [-0.39, 0.29) is 10.8 Å². The number of nitro benzene ring substituents is 1.